The van der Waals surface area contributed by atoms with E-state index in [1.165, 1.54) is 16.3 Å². The van der Waals surface area contributed by atoms with Gasteiger partial charge in [-0.2, -0.15) is 4.98 Å². The van der Waals surface area contributed by atoms with Crippen LogP contribution in [0.4, 0.5) is 0 Å². The van der Waals surface area contributed by atoms with Crippen LogP contribution in [-0.2, 0) is 0 Å². The molecule has 0 atom stereocenters. The van der Waals surface area contributed by atoms with Crippen LogP contribution in [0.15, 0.2) is 52.9 Å². The second kappa shape index (κ2) is 6.99. The van der Waals surface area contributed by atoms with Crippen LogP contribution in [0.2, 0.25) is 0 Å². The van der Waals surface area contributed by atoms with E-state index in [9.17, 15) is 9.90 Å². The van der Waals surface area contributed by atoms with Crippen molar-refractivity contribution in [3.63, 3.8) is 0 Å². The van der Waals surface area contributed by atoms with Crippen LogP contribution in [0.25, 0.3) is 5.69 Å². The second-order valence-electron chi connectivity index (χ2n) is 4.10. The lowest BCUT2D eigenvalue weighted by molar-refractivity contribution is 0.340. The van der Waals surface area contributed by atoms with Crippen LogP contribution in [-0.4, -0.2) is 27.0 Å². The lowest BCUT2D eigenvalue weighted by Crippen LogP contribution is -2.20. The second-order valence-corrected chi connectivity index (χ2v) is 5.08. The Labute approximate surface area is 126 Å². The van der Waals surface area contributed by atoms with Crippen LogP contribution >= 0.6 is 11.8 Å². The van der Waals surface area contributed by atoms with E-state index in [0.29, 0.717) is 23.2 Å². The van der Waals surface area contributed by atoms with Crippen molar-refractivity contribution in [3.05, 3.63) is 53.3 Å². The molecule has 110 valence electrons. The molecule has 0 bridgehead atoms. The summed E-state index contributed by atoms with van der Waals surface area (Å²) in [6.45, 7) is 6.13. The Morgan fingerprint density at radius 3 is 2.76 bits per heavy atom. The summed E-state index contributed by atoms with van der Waals surface area (Å²) in [4.78, 5) is 16.1. The van der Waals surface area contributed by atoms with Gasteiger partial charge in [0.25, 0.3) is 5.56 Å². The number of aromatic hydroxyl groups is 1. The molecule has 0 aliphatic rings. The molecule has 0 aliphatic heterocycles. The van der Waals surface area contributed by atoms with Gasteiger partial charge in [0.2, 0.25) is 5.88 Å². The molecule has 1 aromatic carbocycles. The van der Waals surface area contributed by atoms with Gasteiger partial charge in [-0.25, -0.2) is 0 Å². The number of nitrogens with zero attached hydrogens (tertiary/aromatic N) is 2. The van der Waals surface area contributed by atoms with Gasteiger partial charge in [0.1, 0.15) is 5.75 Å². The quantitative estimate of drug-likeness (QED) is 0.505. The minimum Gasteiger partial charge on any atom is -0.494 e. The van der Waals surface area contributed by atoms with Crippen molar-refractivity contribution in [1.82, 2.24) is 9.55 Å². The molecule has 0 aliphatic carbocycles. The molecular formula is C15H16N2O3S. The van der Waals surface area contributed by atoms with E-state index in [0.717, 1.165) is 11.8 Å². The van der Waals surface area contributed by atoms with Gasteiger partial charge in [-0.05, 0) is 31.2 Å². The van der Waals surface area contributed by atoms with Crippen LogP contribution < -0.4 is 10.3 Å². The summed E-state index contributed by atoms with van der Waals surface area (Å²) >= 11 is 1.33. The molecule has 0 fully saturated rings. The van der Waals surface area contributed by atoms with Gasteiger partial charge in [-0.15, -0.1) is 6.58 Å². The van der Waals surface area contributed by atoms with Crippen molar-refractivity contribution in [1.29, 1.82) is 0 Å². The van der Waals surface area contributed by atoms with Gasteiger partial charge in [-0.1, -0.05) is 17.8 Å². The fourth-order valence-electron chi connectivity index (χ4n) is 1.78. The molecule has 0 amide bonds. The van der Waals surface area contributed by atoms with Gasteiger partial charge in [0.05, 0.1) is 18.4 Å². The van der Waals surface area contributed by atoms with Crippen LogP contribution in [0.5, 0.6) is 11.6 Å². The average Bonchev–Trinajstić information content (AvgIpc) is 2.46. The van der Waals surface area contributed by atoms with Crippen molar-refractivity contribution in [2.75, 3.05) is 12.4 Å². The summed E-state index contributed by atoms with van der Waals surface area (Å²) in [6.07, 6.45) is 1.71. The number of ether oxygens (including phenoxy) is 1. The minimum atomic E-state index is -0.335. The maximum Gasteiger partial charge on any atom is 0.262 e. The smallest absolute Gasteiger partial charge is 0.262 e. The zero-order chi connectivity index (χ0) is 15.2. The number of thioether (sulfide) groups is 1. The first-order chi connectivity index (χ1) is 10.2. The first-order valence-corrected chi connectivity index (χ1v) is 7.44. The standard InChI is InChI=1S/C15H16N2O3S/c1-3-9-21-15-16-13(18)10-14(19)17(15)11-5-7-12(8-6-11)20-4-2/h3,5-8,10,18H,1,4,9H2,2H3. The Morgan fingerprint density at radius 1 is 1.43 bits per heavy atom. The van der Waals surface area contributed by atoms with Crippen molar-refractivity contribution < 1.29 is 9.84 Å². The Balaban J connectivity index is 2.45. The van der Waals surface area contributed by atoms with E-state index in [2.05, 4.69) is 11.6 Å². The monoisotopic (exact) mass is 304 g/mol. The summed E-state index contributed by atoms with van der Waals surface area (Å²) in [5.74, 6) is 1.04. The molecule has 0 saturated heterocycles. The van der Waals surface area contributed by atoms with Gasteiger partial charge in [-0.3, -0.25) is 9.36 Å². The largest absolute Gasteiger partial charge is 0.494 e. The number of rotatable bonds is 6. The molecule has 5 nitrogen and oxygen atoms in total. The minimum absolute atomic E-state index is 0.284. The molecule has 2 aromatic rings. The van der Waals surface area contributed by atoms with Gasteiger partial charge >= 0.3 is 0 Å². The Kier molecular flexibility index (Phi) is 5.05. The van der Waals surface area contributed by atoms with Gasteiger partial charge in [0, 0.05) is 5.75 Å². The lowest BCUT2D eigenvalue weighted by atomic mass is 10.3. The fourth-order valence-corrected chi connectivity index (χ4v) is 2.53. The fraction of sp³-hybridized carbons (Fsp3) is 0.200. The Morgan fingerprint density at radius 2 is 2.14 bits per heavy atom. The summed E-state index contributed by atoms with van der Waals surface area (Å²) < 4.78 is 6.83. The molecule has 2 rings (SSSR count). The van der Waals surface area contributed by atoms with Crippen molar-refractivity contribution in [2.45, 2.75) is 12.1 Å². The highest BCUT2D eigenvalue weighted by molar-refractivity contribution is 7.99. The predicted octanol–water partition coefficient (Wildman–Crippen LogP) is 2.61. The molecule has 0 unspecified atom stereocenters. The molecule has 1 N–H and O–H groups in total. The molecule has 0 saturated carbocycles. The summed E-state index contributed by atoms with van der Waals surface area (Å²) in [5.41, 5.74) is 0.334. The molecule has 6 heteroatoms. The van der Waals surface area contributed by atoms with Gasteiger partial charge < -0.3 is 9.84 Å². The topological polar surface area (TPSA) is 64.4 Å². The molecule has 1 aromatic heterocycles. The number of aromatic nitrogens is 2. The molecule has 1 heterocycles. The van der Waals surface area contributed by atoms with E-state index in [4.69, 9.17) is 4.74 Å². The normalized spacial score (nSPS) is 10.3. The average molecular weight is 304 g/mol. The summed E-state index contributed by atoms with van der Waals surface area (Å²) in [5, 5.41) is 9.92. The SMILES string of the molecule is C=CCSc1nc(O)cc(=O)n1-c1ccc(OCC)cc1. The van der Waals surface area contributed by atoms with Crippen molar-refractivity contribution in [2.24, 2.45) is 0 Å². The highest BCUT2D eigenvalue weighted by Crippen LogP contribution is 2.21. The molecule has 0 spiro atoms. The molecule has 0 radical (unpaired) electrons. The number of hydrogen-bond donors (Lipinski definition) is 1. The highest BCUT2D eigenvalue weighted by Gasteiger charge is 2.10. The van der Waals surface area contributed by atoms with E-state index in [-0.39, 0.29) is 11.4 Å². The third kappa shape index (κ3) is 3.66. The zero-order valence-electron chi connectivity index (χ0n) is 11.7. The van der Waals surface area contributed by atoms with E-state index in [1.54, 1.807) is 30.3 Å². The van der Waals surface area contributed by atoms with E-state index >= 15 is 0 Å². The van der Waals surface area contributed by atoms with Gasteiger partial charge in [0.15, 0.2) is 5.16 Å². The molecule has 21 heavy (non-hydrogen) atoms. The maximum atomic E-state index is 12.1. The lowest BCUT2D eigenvalue weighted by Gasteiger charge is -2.11. The Bertz CT molecular complexity index is 680. The number of benzene rings is 1. The third-order valence-electron chi connectivity index (χ3n) is 2.61. The molecular weight excluding hydrogens is 288 g/mol. The third-order valence-corrected chi connectivity index (χ3v) is 3.55. The summed E-state index contributed by atoms with van der Waals surface area (Å²) in [6, 6.07) is 8.24. The van der Waals surface area contributed by atoms with Crippen molar-refractivity contribution in [3.8, 4) is 17.3 Å². The first kappa shape index (κ1) is 15.2. The van der Waals surface area contributed by atoms with Crippen LogP contribution in [0, 0.1) is 0 Å². The predicted molar refractivity (Wildman–Crippen MR) is 83.6 cm³/mol. The van der Waals surface area contributed by atoms with Crippen molar-refractivity contribution >= 4 is 11.8 Å². The summed E-state index contributed by atoms with van der Waals surface area (Å²) in [7, 11) is 0. The first-order valence-electron chi connectivity index (χ1n) is 6.45. The van der Waals surface area contributed by atoms with Crippen LogP contribution in [0.3, 0.4) is 0 Å². The zero-order valence-corrected chi connectivity index (χ0v) is 12.5. The number of hydrogen-bond acceptors (Lipinski definition) is 5. The Hall–Kier alpha value is -2.21. The van der Waals surface area contributed by atoms with E-state index in [1.807, 2.05) is 6.92 Å². The van der Waals surface area contributed by atoms with E-state index < -0.39 is 0 Å². The maximum absolute atomic E-state index is 12.1. The highest BCUT2D eigenvalue weighted by atomic mass is 32.2. The van der Waals surface area contributed by atoms with Crippen LogP contribution in [0.1, 0.15) is 6.92 Å².